The zero-order chi connectivity index (χ0) is 20.6. The Morgan fingerprint density at radius 1 is 1.14 bits per heavy atom. The highest BCUT2D eigenvalue weighted by atomic mass is 32.2. The van der Waals surface area contributed by atoms with Gasteiger partial charge in [-0.1, -0.05) is 6.58 Å². The molecule has 8 heteroatoms. The van der Waals surface area contributed by atoms with Crippen LogP contribution in [0.15, 0.2) is 35.7 Å². The fourth-order valence-corrected chi connectivity index (χ4v) is 5.66. The number of benzene rings is 1. The fourth-order valence-electron chi connectivity index (χ4n) is 4.14. The number of amides is 2. The van der Waals surface area contributed by atoms with Crippen molar-refractivity contribution in [3.63, 3.8) is 0 Å². The van der Waals surface area contributed by atoms with Gasteiger partial charge in [0.25, 0.3) is 0 Å². The van der Waals surface area contributed by atoms with Crippen LogP contribution in [-0.4, -0.2) is 50.7 Å². The molecule has 2 aliphatic heterocycles. The van der Waals surface area contributed by atoms with E-state index in [0.717, 1.165) is 24.1 Å². The van der Waals surface area contributed by atoms with E-state index in [1.165, 1.54) is 10.4 Å². The highest BCUT2D eigenvalue weighted by Crippen LogP contribution is 2.37. The number of carbonyl (C=O) groups is 2. The molecule has 0 radical (unpaired) electrons. The zero-order valence-corrected chi connectivity index (χ0v) is 17.3. The largest absolute Gasteiger partial charge is 0.352 e. The molecule has 7 nitrogen and oxygen atoms in total. The zero-order valence-electron chi connectivity index (χ0n) is 16.5. The molecule has 1 saturated carbocycles. The van der Waals surface area contributed by atoms with Crippen molar-refractivity contribution in [3.8, 4) is 0 Å². The van der Waals surface area contributed by atoms with Crippen molar-refractivity contribution >= 4 is 27.5 Å². The Balaban J connectivity index is 1.41. The Kier molecular flexibility index (Phi) is 5.48. The Bertz CT molecular complexity index is 931. The Labute approximate surface area is 171 Å². The third-order valence-electron chi connectivity index (χ3n) is 6.10. The molecule has 0 unspecified atom stereocenters. The van der Waals surface area contributed by atoms with Crippen LogP contribution in [0.3, 0.4) is 0 Å². The summed E-state index contributed by atoms with van der Waals surface area (Å²) >= 11 is 0. The van der Waals surface area contributed by atoms with Gasteiger partial charge in [-0.05, 0) is 67.9 Å². The molecule has 1 aromatic carbocycles. The molecule has 156 valence electrons. The molecule has 1 saturated heterocycles. The number of nitrogens with one attached hydrogen (secondary N) is 1. The van der Waals surface area contributed by atoms with Crippen LogP contribution in [0.4, 0.5) is 5.69 Å². The van der Waals surface area contributed by atoms with Crippen molar-refractivity contribution in [2.24, 2.45) is 11.8 Å². The van der Waals surface area contributed by atoms with Crippen molar-refractivity contribution in [1.29, 1.82) is 0 Å². The summed E-state index contributed by atoms with van der Waals surface area (Å²) in [7, 11) is -3.56. The summed E-state index contributed by atoms with van der Waals surface area (Å²) in [5.74, 6) is 0.395. The van der Waals surface area contributed by atoms with Gasteiger partial charge in [-0.15, -0.1) is 0 Å². The highest BCUT2D eigenvalue weighted by Gasteiger charge is 2.37. The second kappa shape index (κ2) is 7.91. The van der Waals surface area contributed by atoms with Crippen molar-refractivity contribution in [2.75, 3.05) is 31.1 Å². The summed E-state index contributed by atoms with van der Waals surface area (Å²) in [5, 5.41) is 2.78. The molecule has 0 bridgehead atoms. The maximum absolute atomic E-state index is 13.1. The lowest BCUT2D eigenvalue weighted by molar-refractivity contribution is -0.119. The topological polar surface area (TPSA) is 86.8 Å². The van der Waals surface area contributed by atoms with Gasteiger partial charge in [0.05, 0.1) is 4.90 Å². The van der Waals surface area contributed by atoms with E-state index in [2.05, 4.69) is 11.9 Å². The normalized spacial score (nSPS) is 20.3. The van der Waals surface area contributed by atoms with E-state index in [4.69, 9.17) is 0 Å². The number of carbonyl (C=O) groups excluding carboxylic acids is 2. The SMILES string of the molecule is C=CC(=O)NCC1CCN(S(=O)(=O)c2ccc3c(c2)CCN3C(=O)C2CC2)CC1. The second-order valence-corrected chi connectivity index (χ2v) is 10.0. The minimum Gasteiger partial charge on any atom is -0.352 e. The molecule has 1 aliphatic carbocycles. The van der Waals surface area contributed by atoms with Gasteiger partial charge in [0.1, 0.15) is 0 Å². The maximum atomic E-state index is 13.1. The summed E-state index contributed by atoms with van der Waals surface area (Å²) in [6.07, 6.45) is 5.29. The fraction of sp³-hybridized carbons (Fsp3) is 0.524. The average Bonchev–Trinajstić information content (AvgIpc) is 3.50. The number of nitrogens with zero attached hydrogens (tertiary/aromatic N) is 2. The molecule has 3 aliphatic rings. The third-order valence-corrected chi connectivity index (χ3v) is 8.00. The van der Waals surface area contributed by atoms with Crippen molar-refractivity contribution in [1.82, 2.24) is 9.62 Å². The van der Waals surface area contributed by atoms with Crippen LogP contribution in [0.25, 0.3) is 0 Å². The highest BCUT2D eigenvalue weighted by molar-refractivity contribution is 7.89. The lowest BCUT2D eigenvalue weighted by atomic mass is 9.98. The van der Waals surface area contributed by atoms with Gasteiger partial charge in [-0.25, -0.2) is 8.42 Å². The molecule has 4 rings (SSSR count). The lowest BCUT2D eigenvalue weighted by Crippen LogP contribution is -2.41. The van der Waals surface area contributed by atoms with Crippen LogP contribution in [0.2, 0.25) is 0 Å². The molecule has 2 fully saturated rings. The predicted molar refractivity (Wildman–Crippen MR) is 110 cm³/mol. The van der Waals surface area contributed by atoms with Gasteiger partial charge >= 0.3 is 0 Å². The van der Waals surface area contributed by atoms with Crippen molar-refractivity contribution < 1.29 is 18.0 Å². The summed E-state index contributed by atoms with van der Waals surface area (Å²) < 4.78 is 27.7. The predicted octanol–water partition coefficient (Wildman–Crippen LogP) is 1.69. The van der Waals surface area contributed by atoms with Gasteiger partial charge in [0.2, 0.25) is 21.8 Å². The van der Waals surface area contributed by atoms with E-state index in [0.29, 0.717) is 50.3 Å². The Morgan fingerprint density at radius 2 is 1.86 bits per heavy atom. The number of hydrogen-bond acceptors (Lipinski definition) is 4. The number of sulfonamides is 1. The van der Waals surface area contributed by atoms with Crippen LogP contribution in [0, 0.1) is 11.8 Å². The number of anilines is 1. The first-order valence-corrected chi connectivity index (χ1v) is 11.7. The molecule has 0 aromatic heterocycles. The minimum absolute atomic E-state index is 0.155. The van der Waals surface area contributed by atoms with E-state index >= 15 is 0 Å². The van der Waals surface area contributed by atoms with Crippen LogP contribution >= 0.6 is 0 Å². The van der Waals surface area contributed by atoms with Gasteiger partial charge in [-0.2, -0.15) is 4.31 Å². The van der Waals surface area contributed by atoms with E-state index in [9.17, 15) is 18.0 Å². The first-order chi connectivity index (χ1) is 13.9. The van der Waals surface area contributed by atoms with Crippen molar-refractivity contribution in [2.45, 2.75) is 37.0 Å². The molecule has 0 atom stereocenters. The van der Waals surface area contributed by atoms with Crippen LogP contribution < -0.4 is 10.2 Å². The molecule has 29 heavy (non-hydrogen) atoms. The smallest absolute Gasteiger partial charge is 0.243 e. The molecule has 2 heterocycles. The van der Waals surface area contributed by atoms with Crippen molar-refractivity contribution in [3.05, 3.63) is 36.4 Å². The van der Waals surface area contributed by atoms with Crippen LogP contribution in [0.1, 0.15) is 31.2 Å². The summed E-state index contributed by atoms with van der Waals surface area (Å²) in [6, 6.07) is 5.15. The average molecular weight is 418 g/mol. The van der Waals surface area contributed by atoms with E-state index in [1.54, 1.807) is 18.2 Å². The summed E-state index contributed by atoms with van der Waals surface area (Å²) in [5.41, 5.74) is 1.79. The lowest BCUT2D eigenvalue weighted by Gasteiger charge is -2.31. The third kappa shape index (κ3) is 4.09. The molecule has 1 aromatic rings. The van der Waals surface area contributed by atoms with Gasteiger partial charge in [-0.3, -0.25) is 9.59 Å². The van der Waals surface area contributed by atoms with Gasteiger partial charge in [0.15, 0.2) is 0 Å². The first-order valence-electron chi connectivity index (χ1n) is 10.2. The molecule has 1 N–H and O–H groups in total. The molecule has 2 amide bonds. The number of piperidine rings is 1. The van der Waals surface area contributed by atoms with Gasteiger partial charge in [0, 0.05) is 37.8 Å². The number of hydrogen-bond donors (Lipinski definition) is 1. The minimum atomic E-state index is -3.56. The van der Waals surface area contributed by atoms with Crippen LogP contribution in [-0.2, 0) is 26.0 Å². The van der Waals surface area contributed by atoms with E-state index in [-0.39, 0.29) is 23.7 Å². The maximum Gasteiger partial charge on any atom is 0.243 e. The van der Waals surface area contributed by atoms with Crippen LogP contribution in [0.5, 0.6) is 0 Å². The summed E-state index contributed by atoms with van der Waals surface area (Å²) in [6.45, 7) is 5.50. The first kappa shape index (κ1) is 20.1. The van der Waals surface area contributed by atoms with E-state index in [1.807, 2.05) is 4.90 Å². The second-order valence-electron chi connectivity index (χ2n) is 8.10. The monoisotopic (exact) mass is 417 g/mol. The number of fused-ring (bicyclic) bond motifs is 1. The Morgan fingerprint density at radius 3 is 2.52 bits per heavy atom. The summed E-state index contributed by atoms with van der Waals surface area (Å²) in [4.78, 5) is 25.8. The Hall–Kier alpha value is -2.19. The molecule has 0 spiro atoms. The quantitative estimate of drug-likeness (QED) is 0.714. The van der Waals surface area contributed by atoms with Gasteiger partial charge < -0.3 is 10.2 Å². The molecular weight excluding hydrogens is 390 g/mol. The number of rotatable bonds is 6. The standard InChI is InChI=1S/C21H27N3O4S/c1-2-20(25)22-14-15-7-10-23(11-8-15)29(27,28)18-5-6-19-17(13-18)9-12-24(19)21(26)16-3-4-16/h2,5-6,13,15-16H,1,3-4,7-12,14H2,(H,22,25). The van der Waals surface area contributed by atoms with E-state index < -0.39 is 10.0 Å². The molecular formula is C21H27N3O4S.